The Bertz CT molecular complexity index is 1170. The fraction of sp³-hybridized carbons (Fsp3) is 0.258. The highest BCUT2D eigenvalue weighted by atomic mass is 15.2. The van der Waals surface area contributed by atoms with E-state index in [-0.39, 0.29) is 5.41 Å². The molecule has 1 unspecified atom stereocenters. The fourth-order valence-electron chi connectivity index (χ4n) is 4.85. The molecule has 0 N–H and O–H groups in total. The lowest BCUT2D eigenvalue weighted by molar-refractivity contribution is 0.459. The van der Waals surface area contributed by atoms with Gasteiger partial charge in [0.25, 0.3) is 0 Å². The summed E-state index contributed by atoms with van der Waals surface area (Å²) in [7, 11) is 2.10. The van der Waals surface area contributed by atoms with Gasteiger partial charge in [-0.2, -0.15) is 0 Å². The van der Waals surface area contributed by atoms with Crippen LogP contribution in [-0.2, 0) is 5.41 Å². The van der Waals surface area contributed by atoms with E-state index >= 15 is 0 Å². The highest BCUT2D eigenvalue weighted by Crippen LogP contribution is 2.52. The minimum Gasteiger partial charge on any atom is -0.334 e. The average molecular weight is 435 g/mol. The zero-order valence-electron chi connectivity index (χ0n) is 20.1. The molecule has 33 heavy (non-hydrogen) atoms. The highest BCUT2D eigenvalue weighted by molar-refractivity contribution is 5.68. The molecule has 0 bridgehead atoms. The van der Waals surface area contributed by atoms with E-state index in [0.29, 0.717) is 5.92 Å². The van der Waals surface area contributed by atoms with Gasteiger partial charge in [0.1, 0.15) is 5.82 Å². The first kappa shape index (κ1) is 22.8. The topological polar surface area (TPSA) is 16.1 Å². The molecule has 1 fully saturated rings. The summed E-state index contributed by atoms with van der Waals surface area (Å²) >= 11 is 0. The van der Waals surface area contributed by atoms with Crippen LogP contribution >= 0.6 is 0 Å². The minimum absolute atomic E-state index is 0.0671. The van der Waals surface area contributed by atoms with Gasteiger partial charge in [0, 0.05) is 24.4 Å². The van der Waals surface area contributed by atoms with Crippen molar-refractivity contribution < 1.29 is 0 Å². The molecule has 168 valence electrons. The molecule has 0 radical (unpaired) electrons. The van der Waals surface area contributed by atoms with Crippen LogP contribution in [0.25, 0.3) is 17.2 Å². The van der Waals surface area contributed by atoms with Crippen molar-refractivity contribution in [1.29, 1.82) is 0 Å². The van der Waals surface area contributed by atoms with E-state index in [9.17, 15) is 0 Å². The van der Waals surface area contributed by atoms with Crippen LogP contribution in [-0.4, -0.2) is 12.0 Å². The van der Waals surface area contributed by atoms with Gasteiger partial charge in [-0.15, -0.1) is 6.58 Å². The number of aromatic nitrogens is 1. The quantitative estimate of drug-likeness (QED) is 0.317. The molecule has 1 heterocycles. The van der Waals surface area contributed by atoms with E-state index in [1.807, 2.05) is 24.4 Å². The Morgan fingerprint density at radius 2 is 1.73 bits per heavy atom. The first-order valence-corrected chi connectivity index (χ1v) is 11.8. The summed E-state index contributed by atoms with van der Waals surface area (Å²) in [6, 6.07) is 23.7. The molecule has 1 atom stereocenters. The number of nitrogens with zero attached hydrogens (tertiary/aromatic N) is 2. The second-order valence-electron chi connectivity index (χ2n) is 9.22. The number of pyridine rings is 1. The summed E-state index contributed by atoms with van der Waals surface area (Å²) in [5.41, 5.74) is 7.51. The molecular weight excluding hydrogens is 400 g/mol. The fourth-order valence-corrected chi connectivity index (χ4v) is 4.85. The van der Waals surface area contributed by atoms with Crippen molar-refractivity contribution in [3.05, 3.63) is 115 Å². The smallest absolute Gasteiger partial charge is 0.132 e. The van der Waals surface area contributed by atoms with Crippen molar-refractivity contribution in [3.8, 4) is 11.1 Å². The van der Waals surface area contributed by atoms with Gasteiger partial charge in [-0.25, -0.2) is 4.98 Å². The van der Waals surface area contributed by atoms with Crippen LogP contribution in [0.3, 0.4) is 0 Å². The van der Waals surface area contributed by atoms with Gasteiger partial charge in [-0.05, 0) is 79.5 Å². The summed E-state index contributed by atoms with van der Waals surface area (Å²) in [5, 5.41) is 0. The summed E-state index contributed by atoms with van der Waals surface area (Å²) in [6.45, 7) is 12.7. The molecule has 0 saturated heterocycles. The first-order valence-electron chi connectivity index (χ1n) is 11.8. The molecule has 1 aromatic heterocycles. The lowest BCUT2D eigenvalue weighted by Gasteiger charge is -2.34. The first-order chi connectivity index (χ1) is 16.0. The molecule has 2 nitrogen and oxygen atoms in total. The predicted molar refractivity (Wildman–Crippen MR) is 142 cm³/mol. The van der Waals surface area contributed by atoms with Gasteiger partial charge in [0.15, 0.2) is 0 Å². The lowest BCUT2D eigenvalue weighted by atomic mass is 9.71. The van der Waals surface area contributed by atoms with Crippen LogP contribution in [0, 0.1) is 5.92 Å². The van der Waals surface area contributed by atoms with Crippen molar-refractivity contribution in [3.63, 3.8) is 0 Å². The molecule has 2 heteroatoms. The Kier molecular flexibility index (Phi) is 6.65. The Balaban J connectivity index is 1.71. The van der Waals surface area contributed by atoms with E-state index in [1.165, 1.54) is 40.8 Å². The van der Waals surface area contributed by atoms with E-state index in [1.54, 1.807) is 0 Å². The van der Waals surface area contributed by atoms with E-state index < -0.39 is 0 Å². The summed E-state index contributed by atoms with van der Waals surface area (Å²) in [4.78, 5) is 6.72. The normalized spacial score (nSPS) is 15.8. The van der Waals surface area contributed by atoms with Crippen LogP contribution in [0.15, 0.2) is 103 Å². The number of hydrogen-bond donors (Lipinski definition) is 0. The molecular formula is C31H34N2. The zero-order valence-corrected chi connectivity index (χ0v) is 20.1. The second kappa shape index (κ2) is 9.62. The van der Waals surface area contributed by atoms with Crippen LogP contribution in [0.2, 0.25) is 0 Å². The number of allylic oxidation sites excluding steroid dienone is 3. The van der Waals surface area contributed by atoms with Crippen molar-refractivity contribution in [1.82, 2.24) is 4.98 Å². The van der Waals surface area contributed by atoms with Crippen LogP contribution in [0.1, 0.15) is 44.2 Å². The van der Waals surface area contributed by atoms with E-state index in [0.717, 1.165) is 17.8 Å². The van der Waals surface area contributed by atoms with Gasteiger partial charge in [-0.1, -0.05) is 72.8 Å². The highest BCUT2D eigenvalue weighted by Gasteiger charge is 2.44. The Hall–Kier alpha value is -3.39. The zero-order chi connectivity index (χ0) is 23.4. The molecule has 0 spiro atoms. The van der Waals surface area contributed by atoms with Crippen LogP contribution in [0.4, 0.5) is 5.82 Å². The van der Waals surface area contributed by atoms with Gasteiger partial charge in [-0.3, -0.25) is 0 Å². The predicted octanol–water partition coefficient (Wildman–Crippen LogP) is 8.05. The molecule has 0 amide bonds. The van der Waals surface area contributed by atoms with Gasteiger partial charge in [0.05, 0.1) is 0 Å². The van der Waals surface area contributed by atoms with Crippen LogP contribution < -0.4 is 4.90 Å². The average Bonchev–Trinajstić information content (AvgIpc) is 3.73. The Labute approximate surface area is 199 Å². The standard InChI is InChI=1S/C31H34N2/c1-6-25-12-10-13-26(20-25)27-14-11-15-29(21-27)31(7-2,28-17-18-28)22-23(3)24(4)33(5)30-16-8-9-19-32-30/h6-16,19-21,28H,1-2,17-18,22H2,3-5H3/b24-23+. The van der Waals surface area contributed by atoms with Crippen molar-refractivity contribution in [2.24, 2.45) is 5.92 Å². The Morgan fingerprint density at radius 3 is 2.36 bits per heavy atom. The third-order valence-corrected chi connectivity index (χ3v) is 7.20. The molecule has 1 saturated carbocycles. The lowest BCUT2D eigenvalue weighted by Crippen LogP contribution is -2.28. The van der Waals surface area contributed by atoms with Gasteiger partial charge in [0.2, 0.25) is 0 Å². The molecule has 1 aliphatic carbocycles. The molecule has 0 aliphatic heterocycles. The number of anilines is 1. The maximum atomic E-state index is 4.53. The molecule has 2 aromatic carbocycles. The third kappa shape index (κ3) is 4.71. The number of hydrogen-bond acceptors (Lipinski definition) is 2. The van der Waals surface area contributed by atoms with Crippen molar-refractivity contribution >= 4 is 11.9 Å². The van der Waals surface area contributed by atoms with Crippen LogP contribution in [0.5, 0.6) is 0 Å². The molecule has 3 aromatic rings. The largest absolute Gasteiger partial charge is 0.334 e. The molecule has 4 rings (SSSR count). The number of benzene rings is 2. The van der Waals surface area contributed by atoms with Crippen molar-refractivity contribution in [2.45, 2.75) is 38.5 Å². The van der Waals surface area contributed by atoms with E-state index in [2.05, 4.69) is 105 Å². The summed E-state index contributed by atoms with van der Waals surface area (Å²) in [6.07, 6.45) is 9.43. The molecule has 1 aliphatic rings. The van der Waals surface area contributed by atoms with Gasteiger partial charge < -0.3 is 4.90 Å². The maximum Gasteiger partial charge on any atom is 0.132 e. The van der Waals surface area contributed by atoms with Crippen molar-refractivity contribution in [2.75, 3.05) is 11.9 Å². The minimum atomic E-state index is -0.0671. The second-order valence-corrected chi connectivity index (χ2v) is 9.22. The monoisotopic (exact) mass is 434 g/mol. The van der Waals surface area contributed by atoms with E-state index in [4.69, 9.17) is 0 Å². The summed E-state index contributed by atoms with van der Waals surface area (Å²) < 4.78 is 0. The maximum absolute atomic E-state index is 4.53. The SMILES string of the molecule is C=Cc1cccc(-c2cccc(C(C=C)(C/C(C)=C(\C)N(C)c3ccccn3)C3CC3)c2)c1. The number of rotatable bonds is 9. The van der Waals surface area contributed by atoms with Gasteiger partial charge >= 0.3 is 0 Å². The Morgan fingerprint density at radius 1 is 1.00 bits per heavy atom. The third-order valence-electron chi connectivity index (χ3n) is 7.20. The summed E-state index contributed by atoms with van der Waals surface area (Å²) in [5.74, 6) is 1.60.